The maximum Gasteiger partial charge on any atom is 0.171 e. The van der Waals surface area contributed by atoms with Gasteiger partial charge in [0.1, 0.15) is 13.7 Å². The van der Waals surface area contributed by atoms with Crippen LogP contribution in [0.3, 0.4) is 0 Å². The summed E-state index contributed by atoms with van der Waals surface area (Å²) in [5.41, 5.74) is 8.50. The topological polar surface area (TPSA) is 62.2 Å². The van der Waals surface area contributed by atoms with Gasteiger partial charge in [-0.25, -0.2) is 0 Å². The van der Waals surface area contributed by atoms with Crippen LogP contribution < -0.4 is 4.90 Å². The monoisotopic (exact) mass is 633 g/mol. The van der Waals surface area contributed by atoms with E-state index in [1.165, 1.54) is 22.4 Å². The molecule has 0 radical (unpaired) electrons. The molecular formula is C39H59NO4Si. The molecule has 5 nitrogen and oxygen atoms in total. The van der Waals surface area contributed by atoms with Crippen LogP contribution in [0, 0.1) is 28.7 Å². The SMILES string of the molecule is CC(C)[Si](C#C[C@@]1(O)CC[C@H]2C3CC[C@@]4(O)CC5(CCC4=C3[C@@H](c3ccc(N(C)C)cc3)C[C@]21C)OCCO5)(C(C)C)C(C)C. The molecule has 1 aliphatic heterocycles. The molecule has 4 aliphatic carbocycles. The van der Waals surface area contributed by atoms with E-state index in [2.05, 4.69) is 103 Å². The lowest BCUT2D eigenvalue weighted by atomic mass is 9.49. The molecule has 1 spiro atoms. The Hall–Kier alpha value is -1.62. The molecule has 5 aliphatic rings. The molecule has 2 N–H and O–H groups in total. The standard InChI is InChI=1S/C39H59NO4Si/c1-26(2)45(27(3)4,28(5)6)23-20-38(42)18-15-33-31-14-17-37(41)25-39(43-21-22-44-39)19-16-34(37)35(31)32(24-36(33,38)7)29-10-12-30(13-11-29)40(8)9/h10-13,26-28,31-33,41-42H,14-19,21-22,24-25H2,1-9H3/t31?,32-,33+,36-,37-,38+/m1/s1. The van der Waals surface area contributed by atoms with Crippen molar-refractivity contribution in [2.45, 2.75) is 139 Å². The Kier molecular flexibility index (Phi) is 8.52. The van der Waals surface area contributed by atoms with Crippen molar-refractivity contribution in [3.63, 3.8) is 0 Å². The lowest BCUT2D eigenvalue weighted by Crippen LogP contribution is -2.55. The molecular weight excluding hydrogens is 575 g/mol. The first-order chi connectivity index (χ1) is 21.1. The largest absolute Gasteiger partial charge is 0.385 e. The molecule has 1 aromatic carbocycles. The van der Waals surface area contributed by atoms with E-state index >= 15 is 0 Å². The first kappa shape index (κ1) is 33.3. The molecule has 1 heterocycles. The number of nitrogens with zero attached hydrogens (tertiary/aromatic N) is 1. The van der Waals surface area contributed by atoms with Gasteiger partial charge in [-0.1, -0.05) is 72.1 Å². The maximum absolute atomic E-state index is 12.8. The van der Waals surface area contributed by atoms with Crippen LogP contribution in [0.5, 0.6) is 0 Å². The Labute approximate surface area is 274 Å². The second-order valence-electron chi connectivity index (χ2n) is 16.7. The molecule has 0 bridgehead atoms. The van der Waals surface area contributed by atoms with Crippen molar-refractivity contribution in [3.05, 3.63) is 41.0 Å². The van der Waals surface area contributed by atoms with Crippen molar-refractivity contribution in [2.75, 3.05) is 32.2 Å². The van der Waals surface area contributed by atoms with E-state index in [0.29, 0.717) is 48.1 Å². The zero-order valence-electron chi connectivity index (χ0n) is 29.5. The molecule has 1 aromatic rings. The van der Waals surface area contributed by atoms with E-state index in [9.17, 15) is 10.2 Å². The Morgan fingerprint density at radius 1 is 0.889 bits per heavy atom. The highest BCUT2D eigenvalue weighted by molar-refractivity contribution is 6.90. The molecule has 0 aromatic heterocycles. The van der Waals surface area contributed by atoms with E-state index < -0.39 is 25.1 Å². The average Bonchev–Trinajstić information content (AvgIpc) is 3.53. The fraction of sp³-hybridized carbons (Fsp3) is 0.744. The van der Waals surface area contributed by atoms with Crippen molar-refractivity contribution < 1.29 is 19.7 Å². The minimum atomic E-state index is -2.01. The van der Waals surface area contributed by atoms with Crippen molar-refractivity contribution in [1.29, 1.82) is 0 Å². The van der Waals surface area contributed by atoms with Gasteiger partial charge in [-0.15, -0.1) is 5.54 Å². The third kappa shape index (κ3) is 5.10. The van der Waals surface area contributed by atoms with Crippen LogP contribution in [-0.2, 0) is 9.47 Å². The smallest absolute Gasteiger partial charge is 0.171 e. The van der Waals surface area contributed by atoms with Crippen molar-refractivity contribution in [2.24, 2.45) is 17.3 Å². The van der Waals surface area contributed by atoms with Gasteiger partial charge in [0, 0.05) is 44.0 Å². The fourth-order valence-electron chi connectivity index (χ4n) is 11.2. The third-order valence-electron chi connectivity index (χ3n) is 13.5. The summed E-state index contributed by atoms with van der Waals surface area (Å²) in [6, 6.07) is 9.04. The van der Waals surface area contributed by atoms with Gasteiger partial charge in [0.05, 0.1) is 18.8 Å². The summed E-state index contributed by atoms with van der Waals surface area (Å²) in [5.74, 6) is 3.93. The number of rotatable bonds is 5. The minimum Gasteiger partial charge on any atom is -0.385 e. The van der Waals surface area contributed by atoms with Crippen LogP contribution in [0.4, 0.5) is 5.69 Å². The second-order valence-corrected chi connectivity index (χ2v) is 22.3. The maximum atomic E-state index is 12.8. The molecule has 4 fully saturated rings. The zero-order valence-corrected chi connectivity index (χ0v) is 30.5. The van der Waals surface area contributed by atoms with Crippen LogP contribution in [-0.4, -0.2) is 62.6 Å². The molecule has 248 valence electrons. The van der Waals surface area contributed by atoms with Crippen LogP contribution in [0.2, 0.25) is 16.6 Å². The molecule has 1 saturated heterocycles. The second kappa shape index (κ2) is 11.5. The minimum absolute atomic E-state index is 0.141. The van der Waals surface area contributed by atoms with E-state index in [0.717, 1.165) is 44.9 Å². The van der Waals surface area contributed by atoms with E-state index in [-0.39, 0.29) is 11.3 Å². The van der Waals surface area contributed by atoms with E-state index in [4.69, 9.17) is 9.47 Å². The summed E-state index contributed by atoms with van der Waals surface area (Å²) < 4.78 is 12.3. The Bertz CT molecular complexity index is 1340. The quantitative estimate of drug-likeness (QED) is 0.196. The lowest BCUT2D eigenvalue weighted by Gasteiger charge is -2.57. The number of benzene rings is 1. The zero-order chi connectivity index (χ0) is 32.6. The number of aliphatic hydroxyl groups is 2. The number of allylic oxidation sites excluding steroid dienone is 1. The number of hydrogen-bond acceptors (Lipinski definition) is 5. The molecule has 1 unspecified atom stereocenters. The van der Waals surface area contributed by atoms with Crippen molar-refractivity contribution in [3.8, 4) is 11.5 Å². The van der Waals surface area contributed by atoms with Crippen LogP contribution >= 0.6 is 0 Å². The summed E-state index contributed by atoms with van der Waals surface area (Å²) in [6.45, 7) is 17.7. The van der Waals surface area contributed by atoms with Crippen molar-refractivity contribution in [1.82, 2.24) is 0 Å². The Morgan fingerprint density at radius 3 is 2.09 bits per heavy atom. The van der Waals surface area contributed by atoms with Gasteiger partial charge in [-0.3, -0.25) is 0 Å². The normalized spacial score (nSPS) is 35.8. The van der Waals surface area contributed by atoms with Crippen LogP contribution in [0.15, 0.2) is 35.4 Å². The van der Waals surface area contributed by atoms with Gasteiger partial charge < -0.3 is 24.6 Å². The van der Waals surface area contributed by atoms with Gasteiger partial charge in [0.25, 0.3) is 0 Å². The first-order valence-electron chi connectivity index (χ1n) is 17.9. The third-order valence-corrected chi connectivity index (χ3v) is 19.8. The fourth-order valence-corrected chi connectivity index (χ4v) is 16.5. The number of hydrogen-bond donors (Lipinski definition) is 2. The number of anilines is 1. The van der Waals surface area contributed by atoms with Crippen molar-refractivity contribution >= 4 is 13.8 Å². The first-order valence-corrected chi connectivity index (χ1v) is 20.1. The van der Waals surface area contributed by atoms with Gasteiger partial charge in [0.2, 0.25) is 0 Å². The van der Waals surface area contributed by atoms with Crippen LogP contribution in [0.1, 0.15) is 111 Å². The lowest BCUT2D eigenvalue weighted by molar-refractivity contribution is -0.208. The summed E-state index contributed by atoms with van der Waals surface area (Å²) >= 11 is 0. The molecule has 6 rings (SSSR count). The molecule has 0 amide bonds. The van der Waals surface area contributed by atoms with Gasteiger partial charge in [0.15, 0.2) is 5.79 Å². The van der Waals surface area contributed by atoms with Crippen LogP contribution in [0.25, 0.3) is 0 Å². The summed E-state index contributed by atoms with van der Waals surface area (Å²) in [5, 5.41) is 25.2. The van der Waals surface area contributed by atoms with Gasteiger partial charge in [-0.05, 0) is 90.3 Å². The number of ether oxygens (including phenoxy) is 2. The predicted molar refractivity (Wildman–Crippen MR) is 186 cm³/mol. The molecule has 3 saturated carbocycles. The molecule has 45 heavy (non-hydrogen) atoms. The summed E-state index contributed by atoms with van der Waals surface area (Å²) in [6.07, 6.45) is 6.39. The molecule has 6 atom stereocenters. The summed E-state index contributed by atoms with van der Waals surface area (Å²) in [7, 11) is 2.16. The Balaban J connectivity index is 1.46. The summed E-state index contributed by atoms with van der Waals surface area (Å²) in [4.78, 5) is 2.15. The Morgan fingerprint density at radius 2 is 1.51 bits per heavy atom. The predicted octanol–water partition coefficient (Wildman–Crippen LogP) is 7.97. The van der Waals surface area contributed by atoms with E-state index in [1.54, 1.807) is 0 Å². The number of fused-ring (bicyclic) bond motifs is 4. The average molecular weight is 634 g/mol. The van der Waals surface area contributed by atoms with Gasteiger partial charge >= 0.3 is 0 Å². The van der Waals surface area contributed by atoms with Gasteiger partial charge in [-0.2, -0.15) is 0 Å². The highest BCUT2D eigenvalue weighted by Crippen LogP contribution is 2.68. The highest BCUT2D eigenvalue weighted by atomic mass is 28.3. The molecule has 6 heteroatoms. The van der Waals surface area contributed by atoms with E-state index in [1.807, 2.05) is 0 Å². The highest BCUT2D eigenvalue weighted by Gasteiger charge is 2.65.